The summed E-state index contributed by atoms with van der Waals surface area (Å²) in [6.07, 6.45) is 0.830. The number of ether oxygens (including phenoxy) is 3. The van der Waals surface area contributed by atoms with E-state index in [1.165, 1.54) is 0 Å². The van der Waals surface area contributed by atoms with Crippen LogP contribution < -0.4 is 15.2 Å². The fourth-order valence-corrected chi connectivity index (χ4v) is 2.01. The molecule has 1 aromatic carbocycles. The third-order valence-corrected chi connectivity index (χ3v) is 3.24. The Bertz CT molecular complexity index is 448. The monoisotopic (exact) mass is 421 g/mol. The van der Waals surface area contributed by atoms with Crippen molar-refractivity contribution in [2.24, 2.45) is 10.7 Å². The molecule has 0 saturated carbocycles. The Hall–Kier alpha value is -1.22. The highest BCUT2D eigenvalue weighted by Gasteiger charge is 2.11. The molecule has 2 N–H and O–H groups in total. The molecule has 124 valence electrons. The summed E-state index contributed by atoms with van der Waals surface area (Å²) in [4.78, 5) is 6.42. The zero-order valence-electron chi connectivity index (χ0n) is 12.9. The van der Waals surface area contributed by atoms with E-state index in [-0.39, 0.29) is 24.0 Å². The second kappa shape index (κ2) is 10.5. The van der Waals surface area contributed by atoms with Crippen molar-refractivity contribution >= 4 is 29.9 Å². The molecular formula is C15H24IN3O3. The number of guanidine groups is 1. The van der Waals surface area contributed by atoms with E-state index < -0.39 is 0 Å². The summed E-state index contributed by atoms with van der Waals surface area (Å²) in [6, 6.07) is 7.54. The van der Waals surface area contributed by atoms with Crippen LogP contribution in [-0.2, 0) is 4.74 Å². The van der Waals surface area contributed by atoms with Gasteiger partial charge in [-0.1, -0.05) is 0 Å². The lowest BCUT2D eigenvalue weighted by Gasteiger charge is -2.27. The molecule has 7 heteroatoms. The van der Waals surface area contributed by atoms with Crippen molar-refractivity contribution in [1.82, 2.24) is 4.90 Å². The predicted octanol–water partition coefficient (Wildman–Crippen LogP) is 1.73. The Morgan fingerprint density at radius 3 is 2.50 bits per heavy atom. The van der Waals surface area contributed by atoms with Gasteiger partial charge in [0.15, 0.2) is 5.96 Å². The van der Waals surface area contributed by atoms with Crippen LogP contribution in [0.5, 0.6) is 11.5 Å². The van der Waals surface area contributed by atoms with Crippen LogP contribution in [0, 0.1) is 0 Å². The molecule has 2 rings (SSSR count). The van der Waals surface area contributed by atoms with Crippen molar-refractivity contribution in [3.63, 3.8) is 0 Å². The number of hydrogen-bond acceptors (Lipinski definition) is 4. The summed E-state index contributed by atoms with van der Waals surface area (Å²) in [6.45, 7) is 4.36. The maximum Gasteiger partial charge on any atom is 0.191 e. The fraction of sp³-hybridized carbons (Fsp3) is 0.533. The Morgan fingerprint density at radius 2 is 1.86 bits per heavy atom. The molecule has 0 spiro atoms. The normalized spacial score (nSPS) is 15.1. The van der Waals surface area contributed by atoms with Gasteiger partial charge in [0.25, 0.3) is 0 Å². The van der Waals surface area contributed by atoms with Gasteiger partial charge in [0.05, 0.1) is 26.9 Å². The molecule has 1 heterocycles. The number of rotatable bonds is 6. The van der Waals surface area contributed by atoms with Gasteiger partial charge in [-0.05, 0) is 24.3 Å². The molecular weight excluding hydrogens is 397 g/mol. The summed E-state index contributed by atoms with van der Waals surface area (Å²) in [5.41, 5.74) is 5.94. The molecule has 0 bridgehead atoms. The van der Waals surface area contributed by atoms with E-state index in [1.54, 1.807) is 7.11 Å². The second-order valence-electron chi connectivity index (χ2n) is 4.72. The number of halogens is 1. The summed E-state index contributed by atoms with van der Waals surface area (Å²) >= 11 is 0. The van der Waals surface area contributed by atoms with Gasteiger partial charge in [-0.3, -0.25) is 4.99 Å². The number of nitrogens with zero attached hydrogens (tertiary/aromatic N) is 2. The Morgan fingerprint density at radius 1 is 1.23 bits per heavy atom. The maximum absolute atomic E-state index is 5.94. The zero-order chi connectivity index (χ0) is 14.9. The maximum atomic E-state index is 5.94. The van der Waals surface area contributed by atoms with Crippen LogP contribution in [0.15, 0.2) is 29.3 Å². The first-order valence-electron chi connectivity index (χ1n) is 7.19. The van der Waals surface area contributed by atoms with Gasteiger partial charge in [0, 0.05) is 26.1 Å². The zero-order valence-corrected chi connectivity index (χ0v) is 15.2. The van der Waals surface area contributed by atoms with Gasteiger partial charge in [-0.15, -0.1) is 24.0 Å². The first-order chi connectivity index (χ1) is 10.3. The van der Waals surface area contributed by atoms with Gasteiger partial charge >= 0.3 is 0 Å². The molecule has 6 nitrogen and oxygen atoms in total. The fourth-order valence-electron chi connectivity index (χ4n) is 2.01. The molecule has 0 amide bonds. The third kappa shape index (κ3) is 6.27. The standard InChI is InChI=1S/C15H23N3O3.HI/c1-19-13-3-5-14(6-4-13)21-10-2-7-17-15(16)18-8-11-20-12-9-18;/h3-6H,2,7-12H2,1H3,(H2,16,17);1H. The van der Waals surface area contributed by atoms with Crippen molar-refractivity contribution in [2.45, 2.75) is 6.42 Å². The summed E-state index contributed by atoms with van der Waals surface area (Å²) in [5.74, 6) is 2.26. The Balaban J connectivity index is 0.00000242. The third-order valence-electron chi connectivity index (χ3n) is 3.24. The molecule has 0 atom stereocenters. The minimum atomic E-state index is 0. The Kier molecular flexibility index (Phi) is 8.98. The van der Waals surface area contributed by atoms with Crippen molar-refractivity contribution in [3.05, 3.63) is 24.3 Å². The number of aliphatic imine (C=N–C) groups is 1. The van der Waals surface area contributed by atoms with Crippen LogP contribution >= 0.6 is 24.0 Å². The number of morpholine rings is 1. The topological polar surface area (TPSA) is 69.3 Å². The molecule has 1 fully saturated rings. The molecule has 1 aliphatic rings. The molecule has 0 aliphatic carbocycles. The minimum Gasteiger partial charge on any atom is -0.497 e. The van der Waals surface area contributed by atoms with Gasteiger partial charge in [0.1, 0.15) is 11.5 Å². The summed E-state index contributed by atoms with van der Waals surface area (Å²) in [7, 11) is 1.65. The lowest BCUT2D eigenvalue weighted by Crippen LogP contribution is -2.44. The van der Waals surface area contributed by atoms with Crippen LogP contribution in [-0.4, -0.2) is 57.4 Å². The minimum absolute atomic E-state index is 0. The van der Waals surface area contributed by atoms with Crippen molar-refractivity contribution in [3.8, 4) is 11.5 Å². The average molecular weight is 421 g/mol. The van der Waals surface area contributed by atoms with E-state index in [1.807, 2.05) is 29.2 Å². The average Bonchev–Trinajstić information content (AvgIpc) is 2.55. The van der Waals surface area contributed by atoms with E-state index in [9.17, 15) is 0 Å². The van der Waals surface area contributed by atoms with Crippen LogP contribution in [0.3, 0.4) is 0 Å². The number of nitrogens with two attached hydrogens (primary N) is 1. The molecule has 1 aromatic rings. The predicted molar refractivity (Wildman–Crippen MR) is 97.4 cm³/mol. The molecule has 1 saturated heterocycles. The van der Waals surface area contributed by atoms with Crippen LogP contribution in [0.25, 0.3) is 0 Å². The Labute approximate surface area is 148 Å². The smallest absolute Gasteiger partial charge is 0.191 e. The number of benzene rings is 1. The van der Waals surface area contributed by atoms with Crippen LogP contribution in [0.2, 0.25) is 0 Å². The van der Waals surface area contributed by atoms with Gasteiger partial charge in [-0.2, -0.15) is 0 Å². The molecule has 1 aliphatic heterocycles. The lowest BCUT2D eigenvalue weighted by molar-refractivity contribution is 0.0674. The van der Waals surface area contributed by atoms with Crippen LogP contribution in [0.1, 0.15) is 6.42 Å². The molecule has 0 radical (unpaired) electrons. The van der Waals surface area contributed by atoms with Gasteiger partial charge < -0.3 is 24.8 Å². The highest BCUT2D eigenvalue weighted by Crippen LogP contribution is 2.16. The van der Waals surface area contributed by atoms with Crippen LogP contribution in [0.4, 0.5) is 0 Å². The van der Waals surface area contributed by atoms with Crippen molar-refractivity contribution < 1.29 is 14.2 Å². The van der Waals surface area contributed by atoms with Gasteiger partial charge in [0.2, 0.25) is 0 Å². The highest BCUT2D eigenvalue weighted by molar-refractivity contribution is 14.0. The largest absolute Gasteiger partial charge is 0.497 e. The summed E-state index contributed by atoms with van der Waals surface area (Å²) < 4.78 is 16.0. The first-order valence-corrected chi connectivity index (χ1v) is 7.19. The van der Waals surface area contributed by atoms with E-state index in [2.05, 4.69) is 4.99 Å². The number of hydrogen-bond donors (Lipinski definition) is 1. The van der Waals surface area contributed by atoms with E-state index >= 15 is 0 Å². The first kappa shape index (κ1) is 18.8. The highest BCUT2D eigenvalue weighted by atomic mass is 127. The SMILES string of the molecule is COc1ccc(OCCCN=C(N)N2CCOCC2)cc1.I. The van der Waals surface area contributed by atoms with Crippen molar-refractivity contribution in [1.29, 1.82) is 0 Å². The van der Waals surface area contributed by atoms with E-state index in [4.69, 9.17) is 19.9 Å². The van der Waals surface area contributed by atoms with E-state index in [0.29, 0.717) is 19.1 Å². The second-order valence-corrected chi connectivity index (χ2v) is 4.72. The molecule has 0 aromatic heterocycles. The van der Waals surface area contributed by atoms with Gasteiger partial charge in [-0.25, -0.2) is 0 Å². The van der Waals surface area contributed by atoms with Crippen molar-refractivity contribution in [2.75, 3.05) is 46.6 Å². The summed E-state index contributed by atoms with van der Waals surface area (Å²) in [5, 5.41) is 0. The van der Waals surface area contributed by atoms with E-state index in [0.717, 1.165) is 44.2 Å². The molecule has 22 heavy (non-hydrogen) atoms. The lowest BCUT2D eigenvalue weighted by atomic mass is 10.3. The quantitative estimate of drug-likeness (QED) is 0.328. The number of methoxy groups -OCH3 is 1. The molecule has 0 unspecified atom stereocenters.